The summed E-state index contributed by atoms with van der Waals surface area (Å²) >= 11 is 0. The molecule has 0 aromatic heterocycles. The fourth-order valence-electron chi connectivity index (χ4n) is 2.59. The summed E-state index contributed by atoms with van der Waals surface area (Å²) in [4.78, 5) is 23.2. The Kier molecular flexibility index (Phi) is 4.81. The van der Waals surface area contributed by atoms with Gasteiger partial charge in [0, 0.05) is 17.3 Å². The molecule has 0 fully saturated rings. The van der Waals surface area contributed by atoms with E-state index in [2.05, 4.69) is 16.6 Å². The van der Waals surface area contributed by atoms with E-state index in [0.717, 1.165) is 10.8 Å². The maximum absolute atomic E-state index is 12.5. The van der Waals surface area contributed by atoms with Crippen molar-refractivity contribution in [3.63, 3.8) is 0 Å². The minimum Gasteiger partial charge on any atom is -0.369 e. The summed E-state index contributed by atoms with van der Waals surface area (Å²) in [6.07, 6.45) is 5.16. The normalized spacial score (nSPS) is 10.1. The molecule has 2 N–H and O–H groups in total. The van der Waals surface area contributed by atoms with Crippen LogP contribution < -0.4 is 10.6 Å². The van der Waals surface area contributed by atoms with E-state index in [1.54, 1.807) is 6.07 Å². The van der Waals surface area contributed by atoms with Crippen molar-refractivity contribution in [1.82, 2.24) is 0 Å². The Morgan fingerprint density at radius 3 is 2.58 bits per heavy atom. The van der Waals surface area contributed by atoms with Gasteiger partial charge in [0.15, 0.2) is 0 Å². The number of amides is 1. The summed E-state index contributed by atoms with van der Waals surface area (Å²) in [5.41, 5.74) is 0.878. The zero-order valence-electron chi connectivity index (χ0n) is 13.7. The van der Waals surface area contributed by atoms with Crippen molar-refractivity contribution in [2.24, 2.45) is 0 Å². The molecule has 3 aromatic carbocycles. The number of nitrogens with zero attached hydrogens (tertiary/aromatic N) is 1. The summed E-state index contributed by atoms with van der Waals surface area (Å²) in [7, 11) is 0. The van der Waals surface area contributed by atoms with Gasteiger partial charge in [0.25, 0.3) is 11.6 Å². The average molecular weight is 345 g/mol. The molecule has 6 nitrogen and oxygen atoms in total. The summed E-state index contributed by atoms with van der Waals surface area (Å²) in [5, 5.41) is 18.8. The molecular formula is C20H15N3O3. The van der Waals surface area contributed by atoms with Crippen LogP contribution in [-0.4, -0.2) is 17.4 Å². The van der Waals surface area contributed by atoms with E-state index in [-0.39, 0.29) is 23.5 Å². The summed E-state index contributed by atoms with van der Waals surface area (Å²) < 4.78 is 0. The maximum Gasteiger partial charge on any atom is 0.293 e. The Labute approximate surface area is 150 Å². The van der Waals surface area contributed by atoms with Gasteiger partial charge in [-0.25, -0.2) is 0 Å². The zero-order chi connectivity index (χ0) is 18.5. The number of carbonyl (C=O) groups is 1. The fraction of sp³-hybridized carbons (Fsp3) is 0.0500. The lowest BCUT2D eigenvalue weighted by Gasteiger charge is -2.09. The number of nitro benzene ring substituents is 1. The van der Waals surface area contributed by atoms with Crippen molar-refractivity contribution < 1.29 is 9.72 Å². The first-order valence-corrected chi connectivity index (χ1v) is 7.84. The maximum atomic E-state index is 12.5. The predicted molar refractivity (Wildman–Crippen MR) is 102 cm³/mol. The van der Waals surface area contributed by atoms with E-state index in [1.807, 2.05) is 36.4 Å². The smallest absolute Gasteiger partial charge is 0.293 e. The first-order chi connectivity index (χ1) is 12.6. The van der Waals surface area contributed by atoms with Crippen molar-refractivity contribution in [2.45, 2.75) is 0 Å². The lowest BCUT2D eigenvalue weighted by molar-refractivity contribution is -0.384. The van der Waals surface area contributed by atoms with E-state index in [9.17, 15) is 14.9 Å². The average Bonchev–Trinajstić information content (AvgIpc) is 2.66. The Hall–Kier alpha value is -3.85. The molecule has 3 rings (SSSR count). The number of nitrogens with one attached hydrogen (secondary N) is 2. The second-order valence-corrected chi connectivity index (χ2v) is 5.56. The van der Waals surface area contributed by atoms with Gasteiger partial charge in [0.2, 0.25) is 0 Å². The topological polar surface area (TPSA) is 84.3 Å². The molecule has 0 aliphatic carbocycles. The van der Waals surface area contributed by atoms with Crippen molar-refractivity contribution in [3.05, 3.63) is 76.3 Å². The molecule has 0 aliphatic heterocycles. The zero-order valence-corrected chi connectivity index (χ0v) is 13.7. The standard InChI is InChI=1S/C20H15N3O3/c1-2-11-21-18-10-8-16(13-19(18)23(25)26)20(24)22-17-9-7-14-5-3-4-6-15(14)12-17/h1,3-10,12-13,21H,11H2,(H,22,24). The Bertz CT molecular complexity index is 1040. The molecule has 0 saturated carbocycles. The number of rotatable bonds is 5. The molecular weight excluding hydrogens is 330 g/mol. The first kappa shape index (κ1) is 17.0. The van der Waals surface area contributed by atoms with Crippen LogP contribution >= 0.6 is 0 Å². The molecule has 6 heteroatoms. The minimum absolute atomic E-state index is 0.156. The SMILES string of the molecule is C#CCNc1ccc(C(=O)Nc2ccc3ccccc3c2)cc1[N+](=O)[O-]. The highest BCUT2D eigenvalue weighted by Gasteiger charge is 2.17. The van der Waals surface area contributed by atoms with Crippen LogP contribution in [-0.2, 0) is 0 Å². The van der Waals surface area contributed by atoms with Crippen LogP contribution in [0.15, 0.2) is 60.7 Å². The molecule has 0 bridgehead atoms. The first-order valence-electron chi connectivity index (χ1n) is 7.84. The highest BCUT2D eigenvalue weighted by Crippen LogP contribution is 2.26. The molecule has 1 amide bonds. The van der Waals surface area contributed by atoms with Gasteiger partial charge < -0.3 is 10.6 Å². The number of anilines is 2. The molecule has 0 saturated heterocycles. The van der Waals surface area contributed by atoms with Gasteiger partial charge in [0.1, 0.15) is 5.69 Å². The summed E-state index contributed by atoms with van der Waals surface area (Å²) in [6.45, 7) is 0.156. The molecule has 128 valence electrons. The highest BCUT2D eigenvalue weighted by molar-refractivity contribution is 6.06. The molecule has 26 heavy (non-hydrogen) atoms. The summed E-state index contributed by atoms with van der Waals surface area (Å²) in [6, 6.07) is 17.5. The third kappa shape index (κ3) is 3.62. The number of nitro groups is 1. The Balaban J connectivity index is 1.85. The highest BCUT2D eigenvalue weighted by atomic mass is 16.6. The molecule has 3 aromatic rings. The largest absolute Gasteiger partial charge is 0.369 e. The van der Waals surface area contributed by atoms with Crippen LogP contribution in [0.25, 0.3) is 10.8 Å². The number of hydrogen-bond donors (Lipinski definition) is 2. The van der Waals surface area contributed by atoms with E-state index < -0.39 is 10.8 Å². The molecule has 0 unspecified atom stereocenters. The number of terminal acetylenes is 1. The lowest BCUT2D eigenvalue weighted by Crippen LogP contribution is -2.13. The lowest BCUT2D eigenvalue weighted by atomic mass is 10.1. The molecule has 0 heterocycles. The summed E-state index contributed by atoms with van der Waals surface area (Å²) in [5.74, 6) is 1.93. The monoisotopic (exact) mass is 345 g/mol. The van der Waals surface area contributed by atoms with Gasteiger partial charge in [-0.2, -0.15) is 0 Å². The van der Waals surface area contributed by atoms with E-state index in [0.29, 0.717) is 5.69 Å². The number of hydrogen-bond acceptors (Lipinski definition) is 4. The van der Waals surface area contributed by atoms with Gasteiger partial charge in [-0.15, -0.1) is 6.42 Å². The van der Waals surface area contributed by atoms with E-state index in [1.165, 1.54) is 18.2 Å². The Morgan fingerprint density at radius 1 is 1.08 bits per heavy atom. The van der Waals surface area contributed by atoms with Gasteiger partial charge in [-0.05, 0) is 35.0 Å². The number of carbonyl (C=O) groups excluding carboxylic acids is 1. The van der Waals surface area contributed by atoms with Crippen molar-refractivity contribution in [2.75, 3.05) is 17.2 Å². The van der Waals surface area contributed by atoms with Crippen molar-refractivity contribution in [1.29, 1.82) is 0 Å². The molecule has 0 spiro atoms. The van der Waals surface area contributed by atoms with Crippen LogP contribution in [0.4, 0.5) is 17.1 Å². The second-order valence-electron chi connectivity index (χ2n) is 5.56. The molecule has 0 radical (unpaired) electrons. The predicted octanol–water partition coefficient (Wildman–Crippen LogP) is 4.05. The minimum atomic E-state index is -0.550. The molecule has 0 aliphatic rings. The van der Waals surface area contributed by atoms with Gasteiger partial charge >= 0.3 is 0 Å². The van der Waals surface area contributed by atoms with Gasteiger partial charge in [-0.1, -0.05) is 36.3 Å². The van der Waals surface area contributed by atoms with Crippen LogP contribution in [0.3, 0.4) is 0 Å². The van der Waals surface area contributed by atoms with Crippen molar-refractivity contribution in [3.8, 4) is 12.3 Å². The van der Waals surface area contributed by atoms with Gasteiger partial charge in [0.05, 0.1) is 11.5 Å². The second kappa shape index (κ2) is 7.36. The van der Waals surface area contributed by atoms with E-state index >= 15 is 0 Å². The van der Waals surface area contributed by atoms with Crippen molar-refractivity contribution >= 4 is 33.7 Å². The third-order valence-corrected chi connectivity index (χ3v) is 3.84. The third-order valence-electron chi connectivity index (χ3n) is 3.84. The van der Waals surface area contributed by atoms with Gasteiger partial charge in [-0.3, -0.25) is 14.9 Å². The van der Waals surface area contributed by atoms with Crippen LogP contribution in [0.2, 0.25) is 0 Å². The molecule has 0 atom stereocenters. The van der Waals surface area contributed by atoms with Crippen LogP contribution in [0.5, 0.6) is 0 Å². The number of fused-ring (bicyclic) bond motifs is 1. The fourth-order valence-corrected chi connectivity index (χ4v) is 2.59. The Morgan fingerprint density at radius 2 is 1.85 bits per heavy atom. The van der Waals surface area contributed by atoms with Crippen LogP contribution in [0.1, 0.15) is 10.4 Å². The quantitative estimate of drug-likeness (QED) is 0.415. The number of benzene rings is 3. The van der Waals surface area contributed by atoms with E-state index in [4.69, 9.17) is 6.42 Å². The van der Waals surface area contributed by atoms with Crippen LogP contribution in [0, 0.1) is 22.5 Å².